The first-order valence-electron chi connectivity index (χ1n) is 11.5. The molecule has 1 aromatic carbocycles. The van der Waals surface area contributed by atoms with Crippen molar-refractivity contribution < 1.29 is 9.90 Å². The monoisotopic (exact) mass is 381 g/mol. The second kappa shape index (κ2) is 6.67. The highest BCUT2D eigenvalue weighted by atomic mass is 16.3. The summed E-state index contributed by atoms with van der Waals surface area (Å²) in [6.45, 7) is 3.92. The van der Waals surface area contributed by atoms with Crippen molar-refractivity contribution in [2.45, 2.75) is 76.2 Å². The first kappa shape index (κ1) is 18.8. The molecule has 152 valence electrons. The minimum Gasteiger partial charge on any atom is -0.392 e. The van der Waals surface area contributed by atoms with Gasteiger partial charge in [0.05, 0.1) is 6.10 Å². The molecule has 1 heterocycles. The lowest BCUT2D eigenvalue weighted by atomic mass is 9.37. The number of carbonyl (C=O) groups is 1. The topological polar surface area (TPSA) is 49.3 Å². The second-order valence-electron chi connectivity index (χ2n) is 10.7. The second-order valence-corrected chi connectivity index (χ2v) is 10.7. The number of piperidine rings is 1. The van der Waals surface area contributed by atoms with Gasteiger partial charge in [-0.05, 0) is 79.7 Å². The van der Waals surface area contributed by atoms with Gasteiger partial charge < -0.3 is 10.4 Å². The lowest BCUT2D eigenvalue weighted by Crippen LogP contribution is -2.61. The largest absolute Gasteiger partial charge is 0.392 e. The van der Waals surface area contributed by atoms with Crippen LogP contribution in [0.15, 0.2) is 30.3 Å². The molecule has 3 nitrogen and oxygen atoms in total. The first-order chi connectivity index (χ1) is 13.5. The number of ketones is 1. The Labute approximate surface area is 169 Å². The fourth-order valence-corrected chi connectivity index (χ4v) is 8.05. The molecule has 1 saturated heterocycles. The van der Waals surface area contributed by atoms with Gasteiger partial charge >= 0.3 is 0 Å². The highest BCUT2D eigenvalue weighted by Gasteiger charge is 2.65. The average molecular weight is 382 g/mol. The standard InChI is InChI=1S/C25H35NO2/c1-2-23-11-18-12-24(15-23,20-6-4-3-5-7-20)17-25(13-18,16-23)22(28)10-19-8-9-26-14-21(19)27/h3-7,18-19,21,26-27H,2,8-17H2,1H3/t18?,19-,21+,23?,24?,25?/m0/s1. The predicted molar refractivity (Wildman–Crippen MR) is 111 cm³/mol. The van der Waals surface area contributed by atoms with E-state index in [4.69, 9.17) is 0 Å². The van der Waals surface area contributed by atoms with E-state index in [-0.39, 0.29) is 22.9 Å². The van der Waals surface area contributed by atoms with Crippen LogP contribution in [0.4, 0.5) is 0 Å². The fourth-order valence-electron chi connectivity index (χ4n) is 8.05. The third-order valence-electron chi connectivity index (χ3n) is 8.95. The molecule has 2 N–H and O–H groups in total. The molecular weight excluding hydrogens is 346 g/mol. The number of aliphatic hydroxyl groups excluding tert-OH is 1. The summed E-state index contributed by atoms with van der Waals surface area (Å²) in [5.74, 6) is 1.31. The fraction of sp³-hybridized carbons (Fsp3) is 0.720. The zero-order chi connectivity index (χ0) is 19.4. The van der Waals surface area contributed by atoms with Crippen molar-refractivity contribution in [1.29, 1.82) is 0 Å². The Bertz CT molecular complexity index is 748. The van der Waals surface area contributed by atoms with Crippen LogP contribution in [0.25, 0.3) is 0 Å². The van der Waals surface area contributed by atoms with Crippen molar-refractivity contribution in [2.75, 3.05) is 13.1 Å². The van der Waals surface area contributed by atoms with Crippen molar-refractivity contribution in [1.82, 2.24) is 5.32 Å². The van der Waals surface area contributed by atoms with E-state index in [0.29, 0.717) is 30.1 Å². The van der Waals surface area contributed by atoms with Crippen LogP contribution in [-0.2, 0) is 10.2 Å². The smallest absolute Gasteiger partial charge is 0.139 e. The van der Waals surface area contributed by atoms with Gasteiger partial charge in [-0.15, -0.1) is 0 Å². The van der Waals surface area contributed by atoms with Gasteiger partial charge in [-0.25, -0.2) is 0 Å². The number of benzene rings is 1. The van der Waals surface area contributed by atoms with Crippen molar-refractivity contribution in [2.24, 2.45) is 22.7 Å². The maximum atomic E-state index is 13.8. The Balaban J connectivity index is 1.48. The minimum atomic E-state index is -0.366. The Morgan fingerprint density at radius 2 is 1.96 bits per heavy atom. The van der Waals surface area contributed by atoms with Crippen LogP contribution in [0.1, 0.15) is 70.3 Å². The van der Waals surface area contributed by atoms with Gasteiger partial charge in [-0.2, -0.15) is 0 Å². The summed E-state index contributed by atoms with van der Waals surface area (Å²) in [6, 6.07) is 11.1. The number of β-amino-alcohol motifs (C(OH)–C–C–N with tert-alkyl or cyclic N) is 1. The molecule has 0 aromatic heterocycles. The maximum Gasteiger partial charge on any atom is 0.139 e. The summed E-state index contributed by atoms with van der Waals surface area (Å²) in [5, 5.41) is 13.7. The van der Waals surface area contributed by atoms with E-state index in [1.165, 1.54) is 31.2 Å². The van der Waals surface area contributed by atoms with Crippen molar-refractivity contribution in [3.63, 3.8) is 0 Å². The van der Waals surface area contributed by atoms with Crippen LogP contribution in [0.2, 0.25) is 0 Å². The average Bonchev–Trinajstić information content (AvgIpc) is 2.69. The molecule has 1 aliphatic heterocycles. The first-order valence-corrected chi connectivity index (χ1v) is 11.5. The molecule has 6 atom stereocenters. The van der Waals surface area contributed by atoms with E-state index in [1.807, 2.05) is 0 Å². The number of hydrogen-bond acceptors (Lipinski definition) is 3. The number of nitrogens with one attached hydrogen (secondary N) is 1. The third-order valence-corrected chi connectivity index (χ3v) is 8.95. The molecular formula is C25H35NO2. The van der Waals surface area contributed by atoms with Gasteiger partial charge in [0, 0.05) is 18.4 Å². The summed E-state index contributed by atoms with van der Waals surface area (Å²) in [6.07, 6.45) is 9.44. The Kier molecular flexibility index (Phi) is 4.48. The van der Waals surface area contributed by atoms with Gasteiger partial charge in [0.15, 0.2) is 0 Å². The normalized spacial score (nSPS) is 44.6. The lowest BCUT2D eigenvalue weighted by molar-refractivity contribution is -0.162. The van der Waals surface area contributed by atoms with Crippen LogP contribution in [0, 0.1) is 22.7 Å². The summed E-state index contributed by atoms with van der Waals surface area (Å²) < 4.78 is 0. The van der Waals surface area contributed by atoms with Crippen LogP contribution in [0.3, 0.4) is 0 Å². The number of carbonyl (C=O) groups excluding carboxylic acids is 1. The maximum absolute atomic E-state index is 13.8. The molecule has 6 rings (SSSR count). The molecule has 1 aromatic rings. The molecule has 4 unspecified atom stereocenters. The molecule has 5 aliphatic rings. The molecule has 4 saturated carbocycles. The molecule has 3 heteroatoms. The van der Waals surface area contributed by atoms with Gasteiger partial charge in [0.2, 0.25) is 0 Å². The number of Topliss-reactive ketones (excluding diaryl/α,β-unsaturated/α-hetero) is 1. The van der Waals surface area contributed by atoms with Crippen molar-refractivity contribution in [3.05, 3.63) is 35.9 Å². The zero-order valence-corrected chi connectivity index (χ0v) is 17.3. The van der Waals surface area contributed by atoms with Crippen molar-refractivity contribution >= 4 is 5.78 Å². The van der Waals surface area contributed by atoms with E-state index in [1.54, 1.807) is 0 Å². The van der Waals surface area contributed by atoms with Crippen LogP contribution in [-0.4, -0.2) is 30.1 Å². The summed E-state index contributed by atoms with van der Waals surface area (Å²) >= 11 is 0. The van der Waals surface area contributed by atoms with Crippen LogP contribution in [0.5, 0.6) is 0 Å². The zero-order valence-electron chi connectivity index (χ0n) is 17.3. The van der Waals surface area contributed by atoms with Crippen molar-refractivity contribution in [3.8, 4) is 0 Å². The quantitative estimate of drug-likeness (QED) is 0.802. The molecule has 4 aliphatic carbocycles. The summed E-state index contributed by atoms with van der Waals surface area (Å²) in [5.41, 5.74) is 1.86. The van der Waals surface area contributed by atoms with E-state index >= 15 is 0 Å². The highest BCUT2D eigenvalue weighted by Crippen LogP contribution is 2.71. The van der Waals surface area contributed by atoms with Gasteiger partial charge in [0.25, 0.3) is 0 Å². The Morgan fingerprint density at radius 3 is 2.71 bits per heavy atom. The lowest BCUT2D eigenvalue weighted by Gasteiger charge is -2.66. The number of aliphatic hydroxyl groups is 1. The van der Waals surface area contributed by atoms with E-state index in [9.17, 15) is 9.90 Å². The minimum absolute atomic E-state index is 0.143. The predicted octanol–water partition coefficient (Wildman–Crippen LogP) is 4.23. The summed E-state index contributed by atoms with van der Waals surface area (Å²) in [4.78, 5) is 13.8. The molecule has 4 bridgehead atoms. The summed E-state index contributed by atoms with van der Waals surface area (Å²) in [7, 11) is 0. The molecule has 5 fully saturated rings. The van der Waals surface area contributed by atoms with Gasteiger partial charge in [0.1, 0.15) is 5.78 Å². The SMILES string of the molecule is CCC12CC3CC(C(=O)C[C@@H]4CCNC[C@H]4O)(C1)CC(c1ccccc1)(C3)C2. The molecule has 28 heavy (non-hydrogen) atoms. The number of hydrogen-bond donors (Lipinski definition) is 2. The third kappa shape index (κ3) is 2.89. The van der Waals surface area contributed by atoms with Gasteiger partial charge in [-0.3, -0.25) is 4.79 Å². The number of rotatable bonds is 5. The molecule has 0 amide bonds. The van der Waals surface area contributed by atoms with Crippen LogP contribution >= 0.6 is 0 Å². The Morgan fingerprint density at radius 1 is 1.14 bits per heavy atom. The van der Waals surface area contributed by atoms with Crippen LogP contribution < -0.4 is 5.32 Å². The van der Waals surface area contributed by atoms with Gasteiger partial charge in [-0.1, -0.05) is 43.7 Å². The molecule has 0 spiro atoms. The van der Waals surface area contributed by atoms with E-state index in [0.717, 1.165) is 32.2 Å². The van der Waals surface area contributed by atoms with E-state index < -0.39 is 0 Å². The highest BCUT2D eigenvalue weighted by molar-refractivity contribution is 5.86. The Hall–Kier alpha value is -1.19. The molecule has 0 radical (unpaired) electrons. The van der Waals surface area contributed by atoms with E-state index in [2.05, 4.69) is 42.6 Å².